The number of benzene rings is 1. The molecule has 1 aliphatic heterocycles. The van der Waals surface area contributed by atoms with Crippen molar-refractivity contribution < 1.29 is 28.3 Å². The molecular formula is C20H20N2O6. The van der Waals surface area contributed by atoms with Crippen LogP contribution in [0.3, 0.4) is 0 Å². The highest BCUT2D eigenvalue weighted by Gasteiger charge is 2.34. The maximum atomic E-state index is 12.2. The Morgan fingerprint density at radius 3 is 2.39 bits per heavy atom. The number of furan rings is 1. The largest absolute Gasteiger partial charge is 0.467 e. The van der Waals surface area contributed by atoms with Gasteiger partial charge in [-0.1, -0.05) is 12.1 Å². The van der Waals surface area contributed by atoms with Crippen LogP contribution in [-0.2, 0) is 14.3 Å². The Kier molecular flexibility index (Phi) is 5.88. The smallest absolute Gasteiger partial charge is 0.306 e. The van der Waals surface area contributed by atoms with Crippen molar-refractivity contribution >= 4 is 23.7 Å². The maximum Gasteiger partial charge on any atom is 0.306 e. The van der Waals surface area contributed by atoms with Crippen molar-refractivity contribution in [2.75, 3.05) is 13.2 Å². The first-order valence-electron chi connectivity index (χ1n) is 8.91. The van der Waals surface area contributed by atoms with Crippen LogP contribution in [0, 0.1) is 0 Å². The number of rotatable bonds is 8. The number of amides is 3. The number of hydrogen-bond acceptors (Lipinski definition) is 6. The summed E-state index contributed by atoms with van der Waals surface area (Å²) in [6.45, 7) is 1.46. The minimum absolute atomic E-state index is 0.00553. The van der Waals surface area contributed by atoms with Crippen LogP contribution in [0.2, 0.25) is 0 Å². The Bertz CT molecular complexity index is 855. The second-order valence-electron chi connectivity index (χ2n) is 6.38. The monoisotopic (exact) mass is 384 g/mol. The third-order valence-corrected chi connectivity index (χ3v) is 4.35. The molecule has 0 aliphatic carbocycles. The number of nitrogens with one attached hydrogen (secondary N) is 1. The molecule has 2 heterocycles. The number of imide groups is 1. The SMILES string of the molecule is C[C@H](NC(=O)COC(=O)CCCN1C(=O)c2ccccc2C1=O)c1ccco1. The molecule has 0 spiro atoms. The highest BCUT2D eigenvalue weighted by molar-refractivity contribution is 6.21. The number of esters is 1. The predicted octanol–water partition coefficient (Wildman–Crippen LogP) is 2.08. The van der Waals surface area contributed by atoms with E-state index in [1.807, 2.05) is 0 Å². The minimum atomic E-state index is -0.572. The zero-order chi connectivity index (χ0) is 20.1. The van der Waals surface area contributed by atoms with Gasteiger partial charge in [-0.15, -0.1) is 0 Å². The van der Waals surface area contributed by atoms with E-state index < -0.39 is 18.5 Å². The number of fused-ring (bicyclic) bond motifs is 1. The van der Waals surface area contributed by atoms with Gasteiger partial charge in [0.05, 0.1) is 23.4 Å². The Balaban J connectivity index is 1.38. The third-order valence-electron chi connectivity index (χ3n) is 4.35. The molecule has 1 aliphatic rings. The second-order valence-corrected chi connectivity index (χ2v) is 6.38. The first-order chi connectivity index (χ1) is 13.5. The van der Waals surface area contributed by atoms with Crippen molar-refractivity contribution in [3.05, 3.63) is 59.5 Å². The summed E-state index contributed by atoms with van der Waals surface area (Å²) >= 11 is 0. The third kappa shape index (κ3) is 4.28. The van der Waals surface area contributed by atoms with Crippen LogP contribution < -0.4 is 5.32 Å². The van der Waals surface area contributed by atoms with E-state index >= 15 is 0 Å². The molecule has 1 N–H and O–H groups in total. The molecule has 146 valence electrons. The number of hydrogen-bond donors (Lipinski definition) is 1. The van der Waals surface area contributed by atoms with Gasteiger partial charge in [-0.2, -0.15) is 0 Å². The van der Waals surface area contributed by atoms with Crippen molar-refractivity contribution in [3.63, 3.8) is 0 Å². The Labute approximate surface area is 161 Å². The van der Waals surface area contributed by atoms with E-state index in [-0.39, 0.29) is 37.2 Å². The second kappa shape index (κ2) is 8.51. The van der Waals surface area contributed by atoms with Gasteiger partial charge in [-0.25, -0.2) is 0 Å². The van der Waals surface area contributed by atoms with E-state index in [2.05, 4.69) is 5.32 Å². The van der Waals surface area contributed by atoms with Gasteiger partial charge >= 0.3 is 5.97 Å². The van der Waals surface area contributed by atoms with Gasteiger partial charge in [0.25, 0.3) is 17.7 Å². The molecule has 0 saturated carbocycles. The molecule has 0 saturated heterocycles. The van der Waals surface area contributed by atoms with Crippen LogP contribution in [0.25, 0.3) is 0 Å². The Morgan fingerprint density at radius 2 is 1.79 bits per heavy atom. The molecule has 2 aromatic rings. The van der Waals surface area contributed by atoms with Crippen molar-refractivity contribution in [1.82, 2.24) is 10.2 Å². The molecule has 1 atom stereocenters. The molecule has 8 nitrogen and oxygen atoms in total. The highest BCUT2D eigenvalue weighted by atomic mass is 16.5. The van der Waals surface area contributed by atoms with E-state index in [0.717, 1.165) is 4.90 Å². The first-order valence-corrected chi connectivity index (χ1v) is 8.91. The standard InChI is InChI=1S/C20H20N2O6/c1-13(16-8-5-11-27-16)21-17(23)12-28-18(24)9-4-10-22-19(25)14-6-2-3-7-15(14)20(22)26/h2-3,5-8,11,13H,4,9-10,12H2,1H3,(H,21,23)/t13-/m0/s1. The quantitative estimate of drug-likeness (QED) is 0.552. The fourth-order valence-corrected chi connectivity index (χ4v) is 2.93. The van der Waals surface area contributed by atoms with Gasteiger partial charge in [-0.05, 0) is 37.6 Å². The van der Waals surface area contributed by atoms with Crippen molar-refractivity contribution in [1.29, 1.82) is 0 Å². The molecule has 0 fully saturated rings. The van der Waals surface area contributed by atoms with Gasteiger partial charge in [0.1, 0.15) is 5.76 Å². The molecule has 3 amide bonds. The lowest BCUT2D eigenvalue weighted by molar-refractivity contribution is -0.148. The molecule has 0 radical (unpaired) electrons. The Morgan fingerprint density at radius 1 is 1.11 bits per heavy atom. The lowest BCUT2D eigenvalue weighted by Gasteiger charge is -2.13. The van der Waals surface area contributed by atoms with E-state index in [1.165, 1.54) is 6.26 Å². The topological polar surface area (TPSA) is 106 Å². The van der Waals surface area contributed by atoms with Crippen LogP contribution in [0.5, 0.6) is 0 Å². The normalized spacial score (nSPS) is 14.0. The molecule has 28 heavy (non-hydrogen) atoms. The zero-order valence-electron chi connectivity index (χ0n) is 15.3. The van der Waals surface area contributed by atoms with Gasteiger partial charge in [0, 0.05) is 13.0 Å². The summed E-state index contributed by atoms with van der Waals surface area (Å²) in [5.74, 6) is -1.14. The van der Waals surface area contributed by atoms with Gasteiger partial charge < -0.3 is 14.5 Å². The Hall–Kier alpha value is -3.42. The van der Waals surface area contributed by atoms with Gasteiger partial charge in [0.15, 0.2) is 6.61 Å². The molecule has 1 aromatic carbocycles. The average Bonchev–Trinajstić information content (AvgIpc) is 3.30. The fraction of sp³-hybridized carbons (Fsp3) is 0.300. The number of nitrogens with zero attached hydrogens (tertiary/aromatic N) is 1. The van der Waals surface area contributed by atoms with E-state index in [4.69, 9.17) is 9.15 Å². The molecular weight excluding hydrogens is 364 g/mol. The number of ether oxygens (including phenoxy) is 1. The average molecular weight is 384 g/mol. The van der Waals surface area contributed by atoms with Gasteiger partial charge in [0.2, 0.25) is 0 Å². The molecule has 0 unspecified atom stereocenters. The first kappa shape index (κ1) is 19.3. The summed E-state index contributed by atoms with van der Waals surface area (Å²) in [6, 6.07) is 9.71. The van der Waals surface area contributed by atoms with Crippen LogP contribution in [-0.4, -0.2) is 41.7 Å². The van der Waals surface area contributed by atoms with Crippen LogP contribution >= 0.6 is 0 Å². The molecule has 8 heteroatoms. The zero-order valence-corrected chi connectivity index (χ0v) is 15.3. The molecule has 3 rings (SSSR count). The minimum Gasteiger partial charge on any atom is -0.467 e. The molecule has 0 bridgehead atoms. The number of carbonyl (C=O) groups excluding carboxylic acids is 4. The summed E-state index contributed by atoms with van der Waals surface area (Å²) in [5.41, 5.74) is 0.745. The molecule has 1 aromatic heterocycles. The summed E-state index contributed by atoms with van der Waals surface area (Å²) in [5, 5.41) is 2.65. The predicted molar refractivity (Wildman–Crippen MR) is 97.3 cm³/mol. The lowest BCUT2D eigenvalue weighted by atomic mass is 10.1. The lowest BCUT2D eigenvalue weighted by Crippen LogP contribution is -2.32. The van der Waals surface area contributed by atoms with Crippen molar-refractivity contribution in [2.24, 2.45) is 0 Å². The maximum absolute atomic E-state index is 12.2. The van der Waals surface area contributed by atoms with E-state index in [1.54, 1.807) is 43.3 Å². The highest BCUT2D eigenvalue weighted by Crippen LogP contribution is 2.22. The van der Waals surface area contributed by atoms with Crippen LogP contribution in [0.15, 0.2) is 47.1 Å². The summed E-state index contributed by atoms with van der Waals surface area (Å²) < 4.78 is 10.1. The summed E-state index contributed by atoms with van der Waals surface area (Å²) in [7, 11) is 0. The van der Waals surface area contributed by atoms with Crippen LogP contribution in [0.4, 0.5) is 0 Å². The summed E-state index contributed by atoms with van der Waals surface area (Å²) in [4.78, 5) is 49.2. The fourth-order valence-electron chi connectivity index (χ4n) is 2.93. The van der Waals surface area contributed by atoms with Gasteiger partial charge in [-0.3, -0.25) is 24.1 Å². The number of carbonyl (C=O) groups is 4. The van der Waals surface area contributed by atoms with E-state index in [9.17, 15) is 19.2 Å². The van der Waals surface area contributed by atoms with E-state index in [0.29, 0.717) is 16.9 Å². The summed E-state index contributed by atoms with van der Waals surface area (Å²) in [6.07, 6.45) is 1.76. The van der Waals surface area contributed by atoms with Crippen LogP contribution in [0.1, 0.15) is 52.3 Å². The van der Waals surface area contributed by atoms with Crippen molar-refractivity contribution in [3.8, 4) is 0 Å². The van der Waals surface area contributed by atoms with Crippen molar-refractivity contribution in [2.45, 2.75) is 25.8 Å².